The topological polar surface area (TPSA) is 49.1 Å². The molecule has 1 aromatic rings. The van der Waals surface area contributed by atoms with Crippen LogP contribution >= 0.6 is 11.3 Å². The van der Waals surface area contributed by atoms with Crippen LogP contribution in [0.3, 0.4) is 0 Å². The number of aryl methyl sites for hydroxylation is 1. The first-order chi connectivity index (χ1) is 8.31. The molecule has 1 aromatic heterocycles. The molecular weight excluding hydrogens is 234 g/mol. The van der Waals surface area contributed by atoms with Gasteiger partial charge in [-0.1, -0.05) is 0 Å². The molecule has 1 atom stereocenters. The fourth-order valence-electron chi connectivity index (χ4n) is 2.02. The maximum Gasteiger partial charge on any atom is 0.112 e. The predicted molar refractivity (Wildman–Crippen MR) is 66.8 cm³/mol. The largest absolute Gasteiger partial charge is 0.378 e. The normalized spacial score (nSPS) is 21.3. The smallest absolute Gasteiger partial charge is 0.112 e. The number of nitrogens with zero attached hydrogens (tertiary/aromatic N) is 3. The van der Waals surface area contributed by atoms with Gasteiger partial charge in [-0.2, -0.15) is 5.26 Å². The van der Waals surface area contributed by atoms with Crippen LogP contribution in [0.2, 0.25) is 0 Å². The molecule has 4 nitrogen and oxygen atoms in total. The summed E-state index contributed by atoms with van der Waals surface area (Å²) in [6.07, 6.45) is 1.55. The molecule has 17 heavy (non-hydrogen) atoms. The van der Waals surface area contributed by atoms with E-state index in [0.29, 0.717) is 6.42 Å². The first-order valence-electron chi connectivity index (χ1n) is 5.92. The van der Waals surface area contributed by atoms with Crippen molar-refractivity contribution in [2.45, 2.75) is 25.8 Å². The lowest BCUT2D eigenvalue weighted by Gasteiger charge is -2.34. The van der Waals surface area contributed by atoms with Crippen molar-refractivity contribution < 1.29 is 4.74 Å². The van der Waals surface area contributed by atoms with Crippen LogP contribution in [0.25, 0.3) is 0 Å². The van der Waals surface area contributed by atoms with Gasteiger partial charge in [-0.3, -0.25) is 4.90 Å². The summed E-state index contributed by atoms with van der Waals surface area (Å²) in [6, 6.07) is 2.47. The maximum atomic E-state index is 8.58. The number of thiazole rings is 1. The standard InChI is InChI=1S/C12H17N3OS/c1-10-9-17-12(14-10)11-8-16-7-6-15(11)5-3-2-4-13/h9,11H,2-3,5-8H2,1H3. The highest BCUT2D eigenvalue weighted by molar-refractivity contribution is 7.09. The average molecular weight is 251 g/mol. The molecular formula is C12H17N3OS. The molecule has 0 N–H and O–H groups in total. The van der Waals surface area contributed by atoms with Crippen LogP contribution in [-0.2, 0) is 4.74 Å². The van der Waals surface area contributed by atoms with Crippen LogP contribution in [0.15, 0.2) is 5.38 Å². The zero-order valence-corrected chi connectivity index (χ0v) is 10.9. The van der Waals surface area contributed by atoms with E-state index in [4.69, 9.17) is 10.00 Å². The van der Waals surface area contributed by atoms with Gasteiger partial charge in [0.1, 0.15) is 5.01 Å². The van der Waals surface area contributed by atoms with E-state index in [2.05, 4.69) is 21.3 Å². The Kier molecular flexibility index (Phi) is 4.49. The summed E-state index contributed by atoms with van der Waals surface area (Å²) in [7, 11) is 0. The number of aromatic nitrogens is 1. The minimum atomic E-state index is 0.279. The Bertz CT molecular complexity index is 399. The fraction of sp³-hybridized carbons (Fsp3) is 0.667. The van der Waals surface area contributed by atoms with Crippen LogP contribution in [0.4, 0.5) is 0 Å². The predicted octanol–water partition coefficient (Wildman–Crippen LogP) is 2.13. The Hall–Kier alpha value is -0.960. The van der Waals surface area contributed by atoms with E-state index in [1.807, 2.05) is 6.92 Å². The molecule has 1 fully saturated rings. The molecule has 0 aromatic carbocycles. The highest BCUT2D eigenvalue weighted by atomic mass is 32.1. The summed E-state index contributed by atoms with van der Waals surface area (Å²) in [5.74, 6) is 0. The number of hydrogen-bond donors (Lipinski definition) is 0. The highest BCUT2D eigenvalue weighted by Gasteiger charge is 2.26. The van der Waals surface area contributed by atoms with E-state index in [1.54, 1.807) is 11.3 Å². The fourth-order valence-corrected chi connectivity index (χ4v) is 2.93. The molecule has 0 amide bonds. The lowest BCUT2D eigenvalue weighted by atomic mass is 10.2. The Morgan fingerprint density at radius 2 is 2.59 bits per heavy atom. The van der Waals surface area contributed by atoms with E-state index in [1.165, 1.54) is 0 Å². The van der Waals surface area contributed by atoms with Crippen LogP contribution in [0.5, 0.6) is 0 Å². The van der Waals surface area contributed by atoms with Gasteiger partial charge in [0.05, 0.1) is 25.3 Å². The van der Waals surface area contributed by atoms with Crippen molar-refractivity contribution >= 4 is 11.3 Å². The molecule has 1 saturated heterocycles. The minimum Gasteiger partial charge on any atom is -0.378 e. The van der Waals surface area contributed by atoms with E-state index >= 15 is 0 Å². The van der Waals surface area contributed by atoms with Crippen molar-refractivity contribution in [2.24, 2.45) is 0 Å². The van der Waals surface area contributed by atoms with E-state index in [0.717, 1.165) is 43.4 Å². The van der Waals surface area contributed by atoms with Crippen molar-refractivity contribution in [2.75, 3.05) is 26.3 Å². The lowest BCUT2D eigenvalue weighted by Crippen LogP contribution is -2.40. The van der Waals surface area contributed by atoms with Crippen molar-refractivity contribution in [3.8, 4) is 6.07 Å². The number of rotatable bonds is 4. The SMILES string of the molecule is Cc1csc(C2COCCN2CCCC#N)n1. The van der Waals surface area contributed by atoms with Crippen LogP contribution in [0.1, 0.15) is 29.6 Å². The number of ether oxygens (including phenoxy) is 1. The molecule has 1 aliphatic heterocycles. The van der Waals surface area contributed by atoms with Crippen molar-refractivity contribution in [3.05, 3.63) is 16.1 Å². The van der Waals surface area contributed by atoms with Crippen molar-refractivity contribution in [1.82, 2.24) is 9.88 Å². The third kappa shape index (κ3) is 3.25. The second kappa shape index (κ2) is 6.10. The number of hydrogen-bond acceptors (Lipinski definition) is 5. The highest BCUT2D eigenvalue weighted by Crippen LogP contribution is 2.26. The third-order valence-electron chi connectivity index (χ3n) is 2.90. The zero-order valence-electron chi connectivity index (χ0n) is 10.1. The van der Waals surface area contributed by atoms with E-state index in [-0.39, 0.29) is 6.04 Å². The van der Waals surface area contributed by atoms with E-state index in [9.17, 15) is 0 Å². The molecule has 0 spiro atoms. The van der Waals surface area contributed by atoms with E-state index < -0.39 is 0 Å². The molecule has 0 saturated carbocycles. The summed E-state index contributed by atoms with van der Waals surface area (Å²) in [4.78, 5) is 6.93. The first kappa shape index (κ1) is 12.5. The van der Waals surface area contributed by atoms with Gasteiger partial charge in [0.25, 0.3) is 0 Å². The summed E-state index contributed by atoms with van der Waals surface area (Å²) in [6.45, 7) is 5.42. The quantitative estimate of drug-likeness (QED) is 0.769. The Labute approximate surface area is 106 Å². The van der Waals surface area contributed by atoms with Gasteiger partial charge in [0.15, 0.2) is 0 Å². The summed E-state index contributed by atoms with van der Waals surface area (Å²) in [5, 5.41) is 11.8. The van der Waals surface area contributed by atoms with Gasteiger partial charge in [-0.15, -0.1) is 11.3 Å². The number of nitriles is 1. The van der Waals surface area contributed by atoms with Crippen molar-refractivity contribution in [1.29, 1.82) is 5.26 Å². The molecule has 1 unspecified atom stereocenters. The van der Waals surface area contributed by atoms with Crippen molar-refractivity contribution in [3.63, 3.8) is 0 Å². The van der Waals surface area contributed by atoms with Gasteiger partial charge < -0.3 is 4.74 Å². The number of morpholine rings is 1. The molecule has 2 heterocycles. The van der Waals surface area contributed by atoms with Crippen LogP contribution in [-0.4, -0.2) is 36.2 Å². The average Bonchev–Trinajstić information content (AvgIpc) is 2.77. The Morgan fingerprint density at radius 1 is 1.71 bits per heavy atom. The number of unbranched alkanes of at least 4 members (excludes halogenated alkanes) is 1. The van der Waals surface area contributed by atoms with Gasteiger partial charge in [0, 0.05) is 24.0 Å². The molecule has 92 valence electrons. The lowest BCUT2D eigenvalue weighted by molar-refractivity contribution is -0.00878. The molecule has 2 rings (SSSR count). The molecule has 0 aliphatic carbocycles. The molecule has 1 aliphatic rings. The second-order valence-corrected chi connectivity index (χ2v) is 5.11. The molecule has 5 heteroatoms. The summed E-state index contributed by atoms with van der Waals surface area (Å²) < 4.78 is 5.54. The third-order valence-corrected chi connectivity index (χ3v) is 3.96. The van der Waals surface area contributed by atoms with Crippen LogP contribution < -0.4 is 0 Å². The Balaban J connectivity index is 1.99. The van der Waals surface area contributed by atoms with Gasteiger partial charge in [-0.25, -0.2) is 4.98 Å². The van der Waals surface area contributed by atoms with Gasteiger partial charge >= 0.3 is 0 Å². The monoisotopic (exact) mass is 251 g/mol. The van der Waals surface area contributed by atoms with Crippen LogP contribution in [0, 0.1) is 18.3 Å². The Morgan fingerprint density at radius 3 is 3.29 bits per heavy atom. The summed E-state index contributed by atoms with van der Waals surface area (Å²) in [5.41, 5.74) is 1.08. The minimum absolute atomic E-state index is 0.279. The second-order valence-electron chi connectivity index (χ2n) is 4.22. The molecule has 0 radical (unpaired) electrons. The van der Waals surface area contributed by atoms with Gasteiger partial charge in [0.2, 0.25) is 0 Å². The maximum absolute atomic E-state index is 8.58. The first-order valence-corrected chi connectivity index (χ1v) is 6.80. The zero-order chi connectivity index (χ0) is 12.1. The summed E-state index contributed by atoms with van der Waals surface area (Å²) >= 11 is 1.70. The molecule has 0 bridgehead atoms. The van der Waals surface area contributed by atoms with Gasteiger partial charge in [-0.05, 0) is 19.9 Å².